The largest absolute Gasteiger partial charge is 0.509 e. The standard InChI is InChI=1S/C34H38N4O5/c1-9-20-17(3)23-12-24-18(4)21(10-2)28(37-24)15-30-34(6,16-32(40)43-8)33(41)29(38-30)13-25-19(5)22(11-31(39)42-7)27(36-25)14-26(20)35-23/h12-15,38,41H,9-11,16H2,1-8H3. The van der Waals surface area contributed by atoms with Crippen molar-refractivity contribution in [3.8, 4) is 0 Å². The van der Waals surface area contributed by atoms with Crippen LogP contribution >= 0.6 is 0 Å². The molecule has 9 nitrogen and oxygen atoms in total. The number of fused-ring (bicyclic) bond motifs is 5. The quantitative estimate of drug-likeness (QED) is 0.361. The van der Waals surface area contributed by atoms with Crippen molar-refractivity contribution >= 4 is 29.1 Å². The van der Waals surface area contributed by atoms with Crippen LogP contribution in [-0.4, -0.2) is 48.4 Å². The van der Waals surface area contributed by atoms with Gasteiger partial charge >= 0.3 is 11.9 Å². The minimum atomic E-state index is -1.09. The van der Waals surface area contributed by atoms with Gasteiger partial charge in [0.15, 0.2) is 0 Å². The second-order valence-electron chi connectivity index (χ2n) is 11.4. The number of hydrogen-bond donors (Lipinski definition) is 2. The average molecular weight is 583 g/mol. The molecule has 0 aliphatic carbocycles. The summed E-state index contributed by atoms with van der Waals surface area (Å²) in [4.78, 5) is 40.0. The van der Waals surface area contributed by atoms with Crippen LogP contribution in [0.15, 0.2) is 107 Å². The van der Waals surface area contributed by atoms with E-state index in [1.54, 1.807) is 13.0 Å². The lowest BCUT2D eigenvalue weighted by atomic mass is 9.82. The number of nitrogens with zero attached hydrogens (tertiary/aromatic N) is 3. The first-order valence-corrected chi connectivity index (χ1v) is 14.5. The molecule has 5 aliphatic heterocycles. The monoisotopic (exact) mass is 582 g/mol. The molecule has 224 valence electrons. The maximum atomic E-state index is 12.6. The van der Waals surface area contributed by atoms with Crippen LogP contribution in [0.1, 0.15) is 67.2 Å². The third kappa shape index (κ3) is 5.07. The molecule has 0 aromatic rings. The maximum absolute atomic E-state index is 12.6. The Morgan fingerprint density at radius 1 is 0.767 bits per heavy atom. The third-order valence-corrected chi connectivity index (χ3v) is 8.89. The molecule has 5 rings (SSSR count). The first-order chi connectivity index (χ1) is 20.4. The molecule has 0 saturated carbocycles. The van der Waals surface area contributed by atoms with E-state index in [1.807, 2.05) is 25.2 Å². The smallest absolute Gasteiger partial charge is 0.310 e. The third-order valence-electron chi connectivity index (χ3n) is 8.89. The molecule has 0 aromatic carbocycles. The normalized spacial score (nSPS) is 23.0. The second kappa shape index (κ2) is 11.3. The van der Waals surface area contributed by atoms with E-state index in [-0.39, 0.29) is 24.6 Å². The molecule has 2 N–H and O–H groups in total. The van der Waals surface area contributed by atoms with Crippen molar-refractivity contribution in [2.24, 2.45) is 20.4 Å². The summed E-state index contributed by atoms with van der Waals surface area (Å²) in [5, 5.41) is 15.0. The van der Waals surface area contributed by atoms with Crippen molar-refractivity contribution in [1.82, 2.24) is 5.32 Å². The van der Waals surface area contributed by atoms with Gasteiger partial charge in [-0.1, -0.05) is 13.8 Å². The molecule has 1 unspecified atom stereocenters. The number of hydrogen-bond acceptors (Lipinski definition) is 9. The van der Waals surface area contributed by atoms with E-state index in [4.69, 9.17) is 24.5 Å². The lowest BCUT2D eigenvalue weighted by Crippen LogP contribution is -2.27. The number of carbonyl (C=O) groups excluding carboxylic acids is 2. The number of methoxy groups -OCH3 is 2. The van der Waals surface area contributed by atoms with Gasteiger partial charge < -0.3 is 19.9 Å². The maximum Gasteiger partial charge on any atom is 0.310 e. The zero-order valence-corrected chi connectivity index (χ0v) is 26.1. The van der Waals surface area contributed by atoms with Crippen LogP contribution in [0, 0.1) is 5.41 Å². The van der Waals surface area contributed by atoms with E-state index in [1.165, 1.54) is 14.2 Å². The van der Waals surface area contributed by atoms with E-state index in [9.17, 15) is 14.7 Å². The number of carbonyl (C=O) groups is 2. The molecule has 0 saturated heterocycles. The molecule has 5 aliphatic rings. The number of rotatable bonds is 6. The van der Waals surface area contributed by atoms with Gasteiger partial charge in [0.05, 0.1) is 72.4 Å². The summed E-state index contributed by atoms with van der Waals surface area (Å²) in [5.41, 5.74) is 10.2. The molecule has 43 heavy (non-hydrogen) atoms. The highest BCUT2D eigenvalue weighted by Gasteiger charge is 2.44. The highest BCUT2D eigenvalue weighted by atomic mass is 16.5. The summed E-state index contributed by atoms with van der Waals surface area (Å²) >= 11 is 0. The van der Waals surface area contributed by atoms with Gasteiger partial charge in [-0.2, -0.15) is 0 Å². The number of aliphatic hydroxyl groups excluding tert-OH is 1. The Balaban J connectivity index is 1.80. The highest BCUT2D eigenvalue weighted by molar-refractivity contribution is 6.18. The number of esters is 2. The van der Waals surface area contributed by atoms with E-state index >= 15 is 0 Å². The summed E-state index contributed by atoms with van der Waals surface area (Å²) in [6.07, 6.45) is 9.10. The van der Waals surface area contributed by atoms with Gasteiger partial charge in [-0.05, 0) is 98.3 Å². The molecular weight excluding hydrogens is 544 g/mol. The van der Waals surface area contributed by atoms with Crippen molar-refractivity contribution in [3.63, 3.8) is 0 Å². The Labute approximate surface area is 252 Å². The molecule has 0 fully saturated rings. The van der Waals surface area contributed by atoms with Gasteiger partial charge in [0.1, 0.15) is 5.76 Å². The van der Waals surface area contributed by atoms with E-state index in [0.29, 0.717) is 22.8 Å². The number of aliphatic imine (C=N–C) groups is 3. The summed E-state index contributed by atoms with van der Waals surface area (Å²) in [5.74, 6) is -0.837. The second-order valence-corrected chi connectivity index (χ2v) is 11.4. The topological polar surface area (TPSA) is 122 Å². The molecule has 1 atom stereocenters. The molecule has 0 radical (unpaired) electrons. The van der Waals surface area contributed by atoms with Crippen molar-refractivity contribution in [3.05, 3.63) is 92.0 Å². The van der Waals surface area contributed by atoms with Gasteiger partial charge in [-0.25, -0.2) is 15.0 Å². The van der Waals surface area contributed by atoms with Crippen LogP contribution in [0.25, 0.3) is 0 Å². The molecular formula is C34H38N4O5. The van der Waals surface area contributed by atoms with E-state index in [0.717, 1.165) is 69.1 Å². The summed E-state index contributed by atoms with van der Waals surface area (Å²) in [7, 11) is 2.69. The first kappa shape index (κ1) is 29.9. The Kier molecular flexibility index (Phi) is 7.86. The minimum absolute atomic E-state index is 0.00478. The summed E-state index contributed by atoms with van der Waals surface area (Å²) in [6.45, 7) is 12.0. The van der Waals surface area contributed by atoms with E-state index in [2.05, 4.69) is 33.0 Å². The number of ether oxygens (including phenoxy) is 2. The average Bonchev–Trinajstić information content (AvgIpc) is 3.62. The summed E-state index contributed by atoms with van der Waals surface area (Å²) < 4.78 is 10.00. The molecule has 0 aromatic heterocycles. The Morgan fingerprint density at radius 2 is 1.33 bits per heavy atom. The Hall–Kier alpha value is -4.53. The fourth-order valence-electron chi connectivity index (χ4n) is 6.13. The first-order valence-electron chi connectivity index (χ1n) is 14.5. The van der Waals surface area contributed by atoms with Crippen LogP contribution in [-0.2, 0) is 19.1 Å². The van der Waals surface area contributed by atoms with Crippen molar-refractivity contribution in [2.45, 2.75) is 67.2 Å². The molecule has 8 bridgehead atoms. The fraction of sp³-hybridized carbons (Fsp3) is 0.382. The molecule has 5 heterocycles. The molecule has 0 amide bonds. The molecule has 0 spiro atoms. The summed E-state index contributed by atoms with van der Waals surface area (Å²) in [6, 6.07) is 0. The zero-order chi connectivity index (χ0) is 31.2. The number of allylic oxidation sites excluding steroid dienone is 9. The van der Waals surface area contributed by atoms with Crippen LogP contribution < -0.4 is 5.32 Å². The minimum Gasteiger partial charge on any atom is -0.509 e. The van der Waals surface area contributed by atoms with Gasteiger partial charge in [-0.3, -0.25) is 9.59 Å². The van der Waals surface area contributed by atoms with Crippen molar-refractivity contribution in [1.29, 1.82) is 0 Å². The van der Waals surface area contributed by atoms with Gasteiger partial charge in [0.2, 0.25) is 0 Å². The van der Waals surface area contributed by atoms with Crippen LogP contribution in [0.2, 0.25) is 0 Å². The van der Waals surface area contributed by atoms with Crippen molar-refractivity contribution < 1.29 is 24.2 Å². The van der Waals surface area contributed by atoms with Crippen LogP contribution in [0.3, 0.4) is 0 Å². The van der Waals surface area contributed by atoms with Crippen LogP contribution in [0.4, 0.5) is 0 Å². The lowest BCUT2D eigenvalue weighted by Gasteiger charge is -2.24. The Morgan fingerprint density at radius 3 is 1.95 bits per heavy atom. The van der Waals surface area contributed by atoms with Crippen LogP contribution in [0.5, 0.6) is 0 Å². The van der Waals surface area contributed by atoms with Crippen molar-refractivity contribution in [2.75, 3.05) is 14.2 Å². The predicted molar refractivity (Wildman–Crippen MR) is 167 cm³/mol. The SMILES string of the molecule is CCC1=C(C)C2=NC1=CC1=NC(=CC3=C(O)C(C)(CC(=O)OC)C(=CC4=NC(=C2)C(C)=C4CC)N3)C(C)=C1CC(=O)OC. The molecule has 9 heteroatoms. The predicted octanol–water partition coefficient (Wildman–Crippen LogP) is 6.17. The lowest BCUT2D eigenvalue weighted by molar-refractivity contribution is -0.142. The van der Waals surface area contributed by atoms with Gasteiger partial charge in [0.25, 0.3) is 0 Å². The number of aliphatic hydroxyl groups is 1. The Bertz CT molecular complexity index is 1700. The number of nitrogens with one attached hydrogen (secondary N) is 1. The zero-order valence-electron chi connectivity index (χ0n) is 26.1. The fourth-order valence-corrected chi connectivity index (χ4v) is 6.13. The van der Waals surface area contributed by atoms with Gasteiger partial charge in [-0.15, -0.1) is 0 Å². The van der Waals surface area contributed by atoms with E-state index < -0.39 is 11.4 Å². The highest BCUT2D eigenvalue weighted by Crippen LogP contribution is 2.45. The van der Waals surface area contributed by atoms with Gasteiger partial charge in [0, 0.05) is 5.70 Å².